The molecule has 1 atom stereocenters. The van der Waals surface area contributed by atoms with Crippen molar-refractivity contribution in [1.82, 2.24) is 4.98 Å². The van der Waals surface area contributed by atoms with Crippen LogP contribution in [0.25, 0.3) is 10.2 Å². The zero-order chi connectivity index (χ0) is 19.0. The van der Waals surface area contributed by atoms with Gasteiger partial charge in [0, 0.05) is 0 Å². The Morgan fingerprint density at radius 3 is 2.93 bits per heavy atom. The number of hydrogen-bond acceptors (Lipinski definition) is 5. The van der Waals surface area contributed by atoms with Crippen LogP contribution >= 0.6 is 11.3 Å². The quantitative estimate of drug-likeness (QED) is 0.711. The molecular weight excluding hydrogens is 362 g/mol. The Hall–Kier alpha value is -2.93. The molecule has 7 heteroatoms. The average molecular weight is 381 g/mol. The summed E-state index contributed by atoms with van der Waals surface area (Å²) in [5.74, 6) is 0.364. The molecule has 1 aliphatic heterocycles. The molecule has 4 rings (SSSR count). The second-order valence-corrected chi connectivity index (χ2v) is 7.78. The number of aromatic nitrogens is 1. The second-order valence-electron chi connectivity index (χ2n) is 6.75. The van der Waals surface area contributed by atoms with Gasteiger partial charge in [-0.3, -0.25) is 9.59 Å². The van der Waals surface area contributed by atoms with Crippen LogP contribution in [0.1, 0.15) is 31.7 Å². The Morgan fingerprint density at radius 1 is 1.30 bits per heavy atom. The lowest BCUT2D eigenvalue weighted by molar-refractivity contribution is -0.128. The number of fused-ring (bicyclic) bond motifs is 2. The first kappa shape index (κ1) is 17.5. The molecule has 1 aromatic heterocycles. The van der Waals surface area contributed by atoms with E-state index in [9.17, 15) is 9.59 Å². The molecule has 6 nitrogen and oxygen atoms in total. The fourth-order valence-electron chi connectivity index (χ4n) is 2.92. The Labute approximate surface area is 160 Å². The van der Waals surface area contributed by atoms with Gasteiger partial charge in [-0.15, -0.1) is 0 Å². The number of benzene rings is 2. The van der Waals surface area contributed by atoms with Crippen LogP contribution in [0.5, 0.6) is 5.75 Å². The molecule has 0 aliphatic carbocycles. The molecule has 27 heavy (non-hydrogen) atoms. The van der Waals surface area contributed by atoms with E-state index in [-0.39, 0.29) is 18.2 Å². The van der Waals surface area contributed by atoms with Crippen molar-refractivity contribution in [2.24, 2.45) is 0 Å². The highest BCUT2D eigenvalue weighted by Crippen LogP contribution is 2.31. The van der Waals surface area contributed by atoms with E-state index in [1.165, 1.54) is 16.9 Å². The summed E-state index contributed by atoms with van der Waals surface area (Å²) in [5.41, 5.74) is 2.70. The van der Waals surface area contributed by atoms with Crippen molar-refractivity contribution in [3.63, 3.8) is 0 Å². The molecule has 0 saturated heterocycles. The molecule has 0 fully saturated rings. The second kappa shape index (κ2) is 7.00. The molecule has 0 bridgehead atoms. The molecule has 2 aromatic carbocycles. The average Bonchev–Trinajstić information content (AvgIpc) is 3.03. The molecule has 3 aromatic rings. The molecule has 138 valence electrons. The molecule has 0 spiro atoms. The lowest BCUT2D eigenvalue weighted by Gasteiger charge is -2.25. The van der Waals surface area contributed by atoms with E-state index in [0.717, 1.165) is 10.2 Å². The SMILES string of the molecule is CC(C)c1ccc2nc(NC(=O)CC3Oc4ccccc4NC3=O)sc2c1. The Morgan fingerprint density at radius 2 is 2.11 bits per heavy atom. The van der Waals surface area contributed by atoms with Gasteiger partial charge in [0.25, 0.3) is 5.91 Å². The van der Waals surface area contributed by atoms with E-state index < -0.39 is 6.10 Å². The molecule has 0 saturated carbocycles. The summed E-state index contributed by atoms with van der Waals surface area (Å²) < 4.78 is 6.69. The van der Waals surface area contributed by atoms with Crippen LogP contribution in [0, 0.1) is 0 Å². The van der Waals surface area contributed by atoms with Crippen LogP contribution in [0.3, 0.4) is 0 Å². The highest BCUT2D eigenvalue weighted by atomic mass is 32.1. The van der Waals surface area contributed by atoms with Crippen LogP contribution in [0.2, 0.25) is 0 Å². The van der Waals surface area contributed by atoms with Gasteiger partial charge >= 0.3 is 0 Å². The van der Waals surface area contributed by atoms with Crippen molar-refractivity contribution in [3.8, 4) is 5.75 Å². The minimum atomic E-state index is -0.859. The lowest BCUT2D eigenvalue weighted by atomic mass is 10.0. The van der Waals surface area contributed by atoms with Crippen LogP contribution in [-0.4, -0.2) is 22.9 Å². The van der Waals surface area contributed by atoms with Crippen LogP contribution in [0.4, 0.5) is 10.8 Å². The monoisotopic (exact) mass is 381 g/mol. The normalized spacial score (nSPS) is 16.0. The maximum absolute atomic E-state index is 12.4. The third kappa shape index (κ3) is 3.64. The Balaban J connectivity index is 1.45. The van der Waals surface area contributed by atoms with Crippen molar-refractivity contribution in [2.75, 3.05) is 10.6 Å². The van der Waals surface area contributed by atoms with Crippen molar-refractivity contribution in [1.29, 1.82) is 0 Å². The lowest BCUT2D eigenvalue weighted by Crippen LogP contribution is -2.39. The van der Waals surface area contributed by atoms with Gasteiger partial charge in [-0.25, -0.2) is 4.98 Å². The van der Waals surface area contributed by atoms with Crippen LogP contribution in [0.15, 0.2) is 42.5 Å². The summed E-state index contributed by atoms with van der Waals surface area (Å²) in [6, 6.07) is 13.3. The molecule has 1 unspecified atom stereocenters. The fraction of sp³-hybridized carbons (Fsp3) is 0.250. The largest absolute Gasteiger partial charge is 0.478 e. The molecule has 1 aliphatic rings. The Kier molecular flexibility index (Phi) is 4.53. The van der Waals surface area contributed by atoms with Gasteiger partial charge in [0.1, 0.15) is 5.75 Å². The topological polar surface area (TPSA) is 80.3 Å². The zero-order valence-corrected chi connectivity index (χ0v) is 15.8. The number of nitrogens with zero attached hydrogens (tertiary/aromatic N) is 1. The smallest absolute Gasteiger partial charge is 0.266 e. The third-order valence-electron chi connectivity index (χ3n) is 4.40. The van der Waals surface area contributed by atoms with E-state index in [4.69, 9.17) is 4.74 Å². The predicted octanol–water partition coefficient (Wildman–Crippen LogP) is 4.15. The molecule has 2 amide bonds. The highest BCUT2D eigenvalue weighted by molar-refractivity contribution is 7.22. The number of carbonyl (C=O) groups excluding carboxylic acids is 2. The summed E-state index contributed by atoms with van der Waals surface area (Å²) in [5, 5.41) is 6.06. The van der Waals surface area contributed by atoms with Gasteiger partial charge in [-0.2, -0.15) is 0 Å². The Bertz CT molecular complexity index is 1030. The first-order valence-electron chi connectivity index (χ1n) is 8.76. The van der Waals surface area contributed by atoms with E-state index in [2.05, 4.69) is 41.6 Å². The standard InChI is InChI=1S/C20H19N3O3S/c1-11(2)12-7-8-14-17(9-12)27-20(22-14)23-18(24)10-16-19(25)21-13-5-3-4-6-15(13)26-16/h3-9,11,16H,10H2,1-2H3,(H,21,25)(H,22,23,24). The van der Waals surface area contributed by atoms with E-state index >= 15 is 0 Å². The highest BCUT2D eigenvalue weighted by Gasteiger charge is 2.29. The first-order chi connectivity index (χ1) is 13.0. The summed E-state index contributed by atoms with van der Waals surface area (Å²) in [6.45, 7) is 4.27. The number of anilines is 2. The van der Waals surface area contributed by atoms with Crippen molar-refractivity contribution in [3.05, 3.63) is 48.0 Å². The fourth-order valence-corrected chi connectivity index (χ4v) is 3.85. The number of para-hydroxylation sites is 2. The maximum Gasteiger partial charge on any atom is 0.266 e. The molecule has 2 heterocycles. The van der Waals surface area contributed by atoms with Crippen LogP contribution < -0.4 is 15.4 Å². The minimum Gasteiger partial charge on any atom is -0.478 e. The number of rotatable bonds is 4. The third-order valence-corrected chi connectivity index (χ3v) is 5.34. The van der Waals surface area contributed by atoms with Crippen molar-refractivity contribution < 1.29 is 14.3 Å². The minimum absolute atomic E-state index is 0.0761. The maximum atomic E-state index is 12.4. The number of thiazole rings is 1. The predicted molar refractivity (Wildman–Crippen MR) is 106 cm³/mol. The van der Waals surface area contributed by atoms with Crippen molar-refractivity contribution in [2.45, 2.75) is 32.3 Å². The van der Waals surface area contributed by atoms with Crippen molar-refractivity contribution >= 4 is 44.2 Å². The summed E-state index contributed by atoms with van der Waals surface area (Å²) in [4.78, 5) is 29.0. The molecule has 2 N–H and O–H groups in total. The van der Waals surface area contributed by atoms with E-state index in [1.54, 1.807) is 12.1 Å². The van der Waals surface area contributed by atoms with Gasteiger partial charge in [0.05, 0.1) is 22.3 Å². The van der Waals surface area contributed by atoms with E-state index in [1.807, 2.05) is 18.2 Å². The number of ether oxygens (including phenoxy) is 1. The molecule has 0 radical (unpaired) electrons. The summed E-state index contributed by atoms with van der Waals surface area (Å²) >= 11 is 1.42. The van der Waals surface area contributed by atoms with Gasteiger partial charge in [0.2, 0.25) is 5.91 Å². The van der Waals surface area contributed by atoms with E-state index in [0.29, 0.717) is 22.5 Å². The van der Waals surface area contributed by atoms with Gasteiger partial charge in [-0.05, 0) is 35.7 Å². The molecular formula is C20H19N3O3S. The number of hydrogen-bond donors (Lipinski definition) is 2. The number of amides is 2. The number of nitrogens with one attached hydrogen (secondary N) is 2. The van der Waals surface area contributed by atoms with Crippen LogP contribution in [-0.2, 0) is 9.59 Å². The van der Waals surface area contributed by atoms with Gasteiger partial charge in [-0.1, -0.05) is 43.4 Å². The van der Waals surface area contributed by atoms with Gasteiger partial charge in [0.15, 0.2) is 11.2 Å². The first-order valence-corrected chi connectivity index (χ1v) is 9.58. The number of carbonyl (C=O) groups is 2. The summed E-state index contributed by atoms with van der Waals surface area (Å²) in [6.07, 6.45) is -0.935. The summed E-state index contributed by atoms with van der Waals surface area (Å²) in [7, 11) is 0. The van der Waals surface area contributed by atoms with Gasteiger partial charge < -0.3 is 15.4 Å². The zero-order valence-electron chi connectivity index (χ0n) is 15.0.